The highest BCUT2D eigenvalue weighted by atomic mass is 32.2. The Balaban J connectivity index is 2.08. The third-order valence-corrected chi connectivity index (χ3v) is 5.97. The normalized spacial score (nSPS) is 21.7. The van der Waals surface area contributed by atoms with E-state index >= 15 is 0 Å². The molecular formula is C17H19NO5S. The van der Waals surface area contributed by atoms with E-state index in [4.69, 9.17) is 4.74 Å². The van der Waals surface area contributed by atoms with Gasteiger partial charge in [0.15, 0.2) is 5.54 Å². The minimum Gasteiger partial charge on any atom is -0.480 e. The van der Waals surface area contributed by atoms with Crippen LogP contribution in [-0.4, -0.2) is 38.2 Å². The third-order valence-electron chi connectivity index (χ3n) is 4.37. The molecule has 0 aromatic heterocycles. The Kier molecular flexibility index (Phi) is 4.33. The summed E-state index contributed by atoms with van der Waals surface area (Å²) in [5.74, 6) is -1.22. The lowest BCUT2D eigenvalue weighted by molar-refractivity contribution is -0.149. The Morgan fingerprint density at radius 1 is 1.21 bits per heavy atom. The van der Waals surface area contributed by atoms with Crippen LogP contribution in [-0.2, 0) is 19.6 Å². The third kappa shape index (κ3) is 2.90. The van der Waals surface area contributed by atoms with E-state index in [0.717, 1.165) is 10.9 Å². The first-order valence-electron chi connectivity index (χ1n) is 7.69. The van der Waals surface area contributed by atoms with Crippen molar-refractivity contribution in [2.75, 3.05) is 13.2 Å². The van der Waals surface area contributed by atoms with Crippen molar-refractivity contribution in [2.24, 2.45) is 0 Å². The number of carboxylic acid groups (broad SMARTS) is 1. The van der Waals surface area contributed by atoms with Crippen LogP contribution < -0.4 is 4.72 Å². The fourth-order valence-electron chi connectivity index (χ4n) is 3.06. The Bertz CT molecular complexity index is 885. The Hall–Kier alpha value is -1.96. The standard InChI is InChI=1S/C17H19NO5S/c1-12-7-8-15(14-6-3-2-5-13(12)14)24(21,22)18-17(16(19)20)9-4-10-23-11-17/h2-3,5-8,18H,4,9-11H2,1H3,(H,19,20). The van der Waals surface area contributed by atoms with E-state index in [2.05, 4.69) is 4.72 Å². The maximum absolute atomic E-state index is 12.9. The van der Waals surface area contributed by atoms with Gasteiger partial charge in [0.2, 0.25) is 10.0 Å². The van der Waals surface area contributed by atoms with E-state index in [1.165, 1.54) is 6.07 Å². The Labute approximate surface area is 140 Å². The van der Waals surface area contributed by atoms with E-state index in [1.807, 2.05) is 19.1 Å². The summed E-state index contributed by atoms with van der Waals surface area (Å²) in [5, 5.41) is 10.9. The lowest BCUT2D eigenvalue weighted by atomic mass is 9.94. The number of hydrogen-bond acceptors (Lipinski definition) is 4. The van der Waals surface area contributed by atoms with Gasteiger partial charge < -0.3 is 9.84 Å². The number of aliphatic carboxylic acids is 1. The largest absolute Gasteiger partial charge is 0.480 e. The predicted octanol–water partition coefficient (Wildman–Crippen LogP) is 2.06. The molecule has 3 rings (SSSR count). The molecule has 0 amide bonds. The Morgan fingerprint density at radius 3 is 2.54 bits per heavy atom. The number of carbonyl (C=O) groups is 1. The van der Waals surface area contributed by atoms with Crippen molar-refractivity contribution in [3.05, 3.63) is 42.0 Å². The molecule has 0 spiro atoms. The molecule has 1 heterocycles. The lowest BCUT2D eigenvalue weighted by Crippen LogP contribution is -2.59. The van der Waals surface area contributed by atoms with Gasteiger partial charge in [-0.1, -0.05) is 30.3 Å². The average Bonchev–Trinajstić information content (AvgIpc) is 2.55. The van der Waals surface area contributed by atoms with Gasteiger partial charge in [-0.25, -0.2) is 8.42 Å². The number of fused-ring (bicyclic) bond motifs is 1. The molecule has 1 aliphatic rings. The monoisotopic (exact) mass is 349 g/mol. The van der Waals surface area contributed by atoms with Gasteiger partial charge in [-0.05, 0) is 36.8 Å². The van der Waals surface area contributed by atoms with Crippen LogP contribution in [0.5, 0.6) is 0 Å². The molecule has 6 nitrogen and oxygen atoms in total. The highest BCUT2D eigenvalue weighted by molar-refractivity contribution is 7.89. The number of aryl methyl sites for hydroxylation is 1. The van der Waals surface area contributed by atoms with Crippen LogP contribution >= 0.6 is 0 Å². The van der Waals surface area contributed by atoms with Crippen molar-refractivity contribution in [3.8, 4) is 0 Å². The zero-order chi connectivity index (χ0) is 17.4. The van der Waals surface area contributed by atoms with Crippen molar-refractivity contribution in [1.82, 2.24) is 4.72 Å². The molecule has 128 valence electrons. The minimum absolute atomic E-state index is 0.0786. The summed E-state index contributed by atoms with van der Waals surface area (Å²) in [6.07, 6.45) is 0.689. The van der Waals surface area contributed by atoms with Gasteiger partial charge in [-0.3, -0.25) is 4.79 Å². The van der Waals surface area contributed by atoms with Crippen LogP contribution in [0.3, 0.4) is 0 Å². The summed E-state index contributed by atoms with van der Waals surface area (Å²) in [7, 11) is -4.02. The fourth-order valence-corrected chi connectivity index (χ4v) is 4.64. The topological polar surface area (TPSA) is 92.7 Å². The van der Waals surface area contributed by atoms with Gasteiger partial charge in [0, 0.05) is 12.0 Å². The maximum atomic E-state index is 12.9. The van der Waals surface area contributed by atoms with Crippen molar-refractivity contribution >= 4 is 26.8 Å². The first kappa shape index (κ1) is 16.9. The van der Waals surface area contributed by atoms with E-state index in [-0.39, 0.29) is 17.9 Å². The quantitative estimate of drug-likeness (QED) is 0.881. The smallest absolute Gasteiger partial charge is 0.327 e. The second kappa shape index (κ2) is 6.16. The first-order valence-corrected chi connectivity index (χ1v) is 9.17. The number of benzene rings is 2. The summed E-state index contributed by atoms with van der Waals surface area (Å²) in [6, 6.07) is 10.4. The zero-order valence-corrected chi connectivity index (χ0v) is 14.1. The van der Waals surface area contributed by atoms with Crippen molar-refractivity contribution in [3.63, 3.8) is 0 Å². The van der Waals surface area contributed by atoms with Gasteiger partial charge in [0.25, 0.3) is 0 Å². The number of hydrogen-bond donors (Lipinski definition) is 2. The SMILES string of the molecule is Cc1ccc(S(=O)(=O)NC2(C(=O)O)CCCOC2)c2ccccc12. The van der Waals surface area contributed by atoms with Gasteiger partial charge >= 0.3 is 5.97 Å². The van der Waals surface area contributed by atoms with Gasteiger partial charge in [0.05, 0.1) is 11.5 Å². The van der Waals surface area contributed by atoms with E-state index < -0.39 is 21.5 Å². The summed E-state index contributed by atoms with van der Waals surface area (Å²) in [4.78, 5) is 11.8. The number of nitrogens with one attached hydrogen (secondary N) is 1. The first-order chi connectivity index (χ1) is 11.4. The van der Waals surface area contributed by atoms with Gasteiger partial charge in [0.1, 0.15) is 0 Å². The predicted molar refractivity (Wildman–Crippen MR) is 89.4 cm³/mol. The minimum atomic E-state index is -4.02. The molecule has 2 aromatic carbocycles. The fraction of sp³-hybridized carbons (Fsp3) is 0.353. The molecule has 0 saturated carbocycles. The molecule has 1 unspecified atom stereocenters. The van der Waals surface area contributed by atoms with E-state index in [9.17, 15) is 18.3 Å². The molecule has 7 heteroatoms. The number of sulfonamides is 1. The van der Waals surface area contributed by atoms with Crippen LogP contribution in [0.1, 0.15) is 18.4 Å². The summed E-state index contributed by atoms with van der Waals surface area (Å²) in [6.45, 7) is 2.16. The highest BCUT2D eigenvalue weighted by Gasteiger charge is 2.44. The molecular weight excluding hydrogens is 330 g/mol. The van der Waals surface area contributed by atoms with Crippen molar-refractivity contribution < 1.29 is 23.1 Å². The summed E-state index contributed by atoms with van der Waals surface area (Å²) in [5.41, 5.74) is -0.665. The molecule has 2 N–H and O–H groups in total. The highest BCUT2D eigenvalue weighted by Crippen LogP contribution is 2.28. The maximum Gasteiger partial charge on any atom is 0.327 e. The number of ether oxygens (including phenoxy) is 1. The van der Waals surface area contributed by atoms with Crippen LogP contribution in [0.25, 0.3) is 10.8 Å². The molecule has 0 aliphatic carbocycles. The van der Waals surface area contributed by atoms with Crippen LogP contribution in [0.4, 0.5) is 0 Å². The van der Waals surface area contributed by atoms with E-state index in [1.54, 1.807) is 18.2 Å². The molecule has 0 bridgehead atoms. The number of carboxylic acids is 1. The molecule has 2 aromatic rings. The lowest BCUT2D eigenvalue weighted by Gasteiger charge is -2.33. The molecule has 0 radical (unpaired) electrons. The van der Waals surface area contributed by atoms with Gasteiger partial charge in [-0.15, -0.1) is 0 Å². The molecule has 1 atom stereocenters. The Morgan fingerprint density at radius 2 is 1.92 bits per heavy atom. The average molecular weight is 349 g/mol. The zero-order valence-electron chi connectivity index (χ0n) is 13.3. The second-order valence-corrected chi connectivity index (χ2v) is 7.73. The molecule has 1 aliphatic heterocycles. The summed E-state index contributed by atoms with van der Waals surface area (Å²) < 4.78 is 33.4. The van der Waals surface area contributed by atoms with E-state index in [0.29, 0.717) is 18.4 Å². The van der Waals surface area contributed by atoms with Crippen molar-refractivity contribution in [1.29, 1.82) is 0 Å². The van der Waals surface area contributed by atoms with Crippen molar-refractivity contribution in [2.45, 2.75) is 30.2 Å². The molecule has 24 heavy (non-hydrogen) atoms. The van der Waals surface area contributed by atoms with Crippen LogP contribution in [0, 0.1) is 6.92 Å². The summed E-state index contributed by atoms with van der Waals surface area (Å²) >= 11 is 0. The number of rotatable bonds is 4. The van der Waals surface area contributed by atoms with Crippen LogP contribution in [0.2, 0.25) is 0 Å². The van der Waals surface area contributed by atoms with Gasteiger partial charge in [-0.2, -0.15) is 4.72 Å². The van der Waals surface area contributed by atoms with Crippen LogP contribution in [0.15, 0.2) is 41.3 Å². The second-order valence-electron chi connectivity index (χ2n) is 6.08. The molecule has 1 fully saturated rings. The molecule has 1 saturated heterocycles.